The highest BCUT2D eigenvalue weighted by Gasteiger charge is 2.19. The van der Waals surface area contributed by atoms with Crippen molar-refractivity contribution in [3.63, 3.8) is 0 Å². The van der Waals surface area contributed by atoms with Crippen LogP contribution in [0.4, 0.5) is 17.6 Å². The highest BCUT2D eigenvalue weighted by atomic mass is 35.5. The van der Waals surface area contributed by atoms with E-state index >= 15 is 0 Å². The van der Waals surface area contributed by atoms with Gasteiger partial charge in [0.05, 0.1) is 5.02 Å². The minimum absolute atomic E-state index is 0.224. The molecule has 0 heterocycles. The van der Waals surface area contributed by atoms with E-state index in [9.17, 15) is 22.7 Å². The van der Waals surface area contributed by atoms with Gasteiger partial charge in [-0.1, -0.05) is 11.6 Å². The van der Waals surface area contributed by atoms with E-state index in [1.54, 1.807) is 0 Å². The van der Waals surface area contributed by atoms with Gasteiger partial charge in [-0.15, -0.1) is 0 Å². The monoisotopic (exact) mass is 290 g/mol. The molecule has 1 N–H and O–H groups in total. The first kappa shape index (κ1) is 13.8. The Hall–Kier alpha value is -1.59. The zero-order valence-electron chi connectivity index (χ0n) is 9.30. The van der Waals surface area contributed by atoms with Crippen molar-refractivity contribution >= 4 is 11.6 Å². The van der Waals surface area contributed by atoms with Crippen LogP contribution in [0, 0.1) is 23.3 Å². The Morgan fingerprint density at radius 2 is 1.42 bits per heavy atom. The van der Waals surface area contributed by atoms with Crippen LogP contribution in [0.5, 0.6) is 0 Å². The summed E-state index contributed by atoms with van der Waals surface area (Å²) in [4.78, 5) is 0. The van der Waals surface area contributed by atoms with Crippen LogP contribution >= 0.6 is 11.6 Å². The van der Waals surface area contributed by atoms with Gasteiger partial charge in [0, 0.05) is 11.6 Å². The van der Waals surface area contributed by atoms with Gasteiger partial charge in [-0.2, -0.15) is 0 Å². The summed E-state index contributed by atoms with van der Waals surface area (Å²) in [6.45, 7) is 0. The normalized spacial score (nSPS) is 12.5. The molecule has 0 aliphatic rings. The molecule has 0 saturated carbocycles. The number of benzene rings is 2. The Labute approximate surface area is 111 Å². The lowest BCUT2D eigenvalue weighted by Crippen LogP contribution is -2.05. The molecule has 0 saturated heterocycles. The van der Waals surface area contributed by atoms with Crippen molar-refractivity contribution in [3.05, 3.63) is 69.8 Å². The summed E-state index contributed by atoms with van der Waals surface area (Å²) < 4.78 is 52.8. The van der Waals surface area contributed by atoms with Crippen LogP contribution in [0.15, 0.2) is 30.3 Å². The maximum absolute atomic E-state index is 13.6. The molecule has 1 unspecified atom stereocenters. The molecular formula is C13H7ClF4O. The van der Waals surface area contributed by atoms with Crippen molar-refractivity contribution in [2.45, 2.75) is 6.10 Å². The van der Waals surface area contributed by atoms with Gasteiger partial charge in [0.2, 0.25) is 0 Å². The van der Waals surface area contributed by atoms with Crippen LogP contribution in [-0.4, -0.2) is 5.11 Å². The predicted octanol–water partition coefficient (Wildman–Crippen LogP) is 3.98. The van der Waals surface area contributed by atoms with E-state index in [0.717, 1.165) is 12.1 Å². The van der Waals surface area contributed by atoms with Crippen molar-refractivity contribution < 1.29 is 22.7 Å². The summed E-state index contributed by atoms with van der Waals surface area (Å²) >= 11 is 5.37. The average molecular weight is 291 g/mol. The summed E-state index contributed by atoms with van der Waals surface area (Å²) in [5.41, 5.74) is -0.676. The quantitative estimate of drug-likeness (QED) is 0.655. The maximum atomic E-state index is 13.6. The molecule has 2 rings (SSSR count). The molecule has 0 bridgehead atoms. The summed E-state index contributed by atoms with van der Waals surface area (Å²) in [6.07, 6.45) is -1.70. The first-order valence-corrected chi connectivity index (χ1v) is 5.55. The standard InChI is InChI=1S/C13H7ClF4O/c14-10-5-11(17)9(4-12(10)18)13(19)6-1-7(15)3-8(16)2-6/h1-5,13,19H. The second kappa shape index (κ2) is 5.19. The Morgan fingerprint density at radius 1 is 0.842 bits per heavy atom. The van der Waals surface area contributed by atoms with Crippen LogP contribution < -0.4 is 0 Å². The number of aliphatic hydroxyl groups excluding tert-OH is 1. The average Bonchev–Trinajstić information content (AvgIpc) is 2.31. The molecule has 19 heavy (non-hydrogen) atoms. The van der Waals surface area contributed by atoms with Crippen molar-refractivity contribution in [3.8, 4) is 0 Å². The van der Waals surface area contributed by atoms with E-state index < -0.39 is 40.0 Å². The van der Waals surface area contributed by atoms with E-state index in [2.05, 4.69) is 0 Å². The lowest BCUT2D eigenvalue weighted by atomic mass is 10.0. The van der Waals surface area contributed by atoms with Gasteiger partial charge < -0.3 is 5.11 Å². The second-order valence-corrected chi connectivity index (χ2v) is 4.30. The fourth-order valence-electron chi connectivity index (χ4n) is 1.66. The topological polar surface area (TPSA) is 20.2 Å². The van der Waals surface area contributed by atoms with Gasteiger partial charge in [-0.25, -0.2) is 17.6 Å². The smallest absolute Gasteiger partial charge is 0.142 e. The summed E-state index contributed by atoms with van der Waals surface area (Å²) in [6, 6.07) is 3.64. The molecular weight excluding hydrogens is 284 g/mol. The fourth-order valence-corrected chi connectivity index (χ4v) is 1.81. The molecule has 6 heteroatoms. The van der Waals surface area contributed by atoms with Gasteiger partial charge in [0.25, 0.3) is 0 Å². The van der Waals surface area contributed by atoms with Gasteiger partial charge >= 0.3 is 0 Å². The van der Waals surface area contributed by atoms with Crippen LogP contribution in [0.1, 0.15) is 17.2 Å². The highest BCUT2D eigenvalue weighted by Crippen LogP contribution is 2.28. The second-order valence-electron chi connectivity index (χ2n) is 3.89. The number of halogens is 5. The van der Waals surface area contributed by atoms with Crippen molar-refractivity contribution in [1.82, 2.24) is 0 Å². The summed E-state index contributed by atoms with van der Waals surface area (Å²) in [7, 11) is 0. The van der Waals surface area contributed by atoms with Crippen molar-refractivity contribution in [2.75, 3.05) is 0 Å². The summed E-state index contributed by atoms with van der Waals surface area (Å²) in [5.74, 6) is -3.76. The molecule has 100 valence electrons. The molecule has 1 atom stereocenters. The zero-order valence-corrected chi connectivity index (χ0v) is 10.1. The first-order valence-electron chi connectivity index (χ1n) is 5.17. The van der Waals surface area contributed by atoms with E-state index in [1.165, 1.54) is 0 Å². The first-order chi connectivity index (χ1) is 8.88. The Kier molecular flexibility index (Phi) is 3.78. The minimum atomic E-state index is -1.70. The molecule has 0 aliphatic carbocycles. The molecule has 0 radical (unpaired) electrons. The van der Waals surface area contributed by atoms with Gasteiger partial charge in [0.1, 0.15) is 29.4 Å². The predicted molar refractivity (Wildman–Crippen MR) is 61.8 cm³/mol. The largest absolute Gasteiger partial charge is 0.384 e. The molecule has 0 aliphatic heterocycles. The summed E-state index contributed by atoms with van der Waals surface area (Å²) in [5, 5.41) is 9.41. The Morgan fingerprint density at radius 3 is 2.00 bits per heavy atom. The Bertz CT molecular complexity index is 610. The minimum Gasteiger partial charge on any atom is -0.384 e. The van der Waals surface area contributed by atoms with Gasteiger partial charge in [0.15, 0.2) is 0 Å². The van der Waals surface area contributed by atoms with Gasteiger partial charge in [-0.3, -0.25) is 0 Å². The SMILES string of the molecule is OC(c1cc(F)cc(F)c1)c1cc(F)c(Cl)cc1F. The Balaban J connectivity index is 2.49. The highest BCUT2D eigenvalue weighted by molar-refractivity contribution is 6.30. The fraction of sp³-hybridized carbons (Fsp3) is 0.0769. The number of hydrogen-bond acceptors (Lipinski definition) is 1. The molecule has 0 amide bonds. The van der Waals surface area contributed by atoms with Crippen molar-refractivity contribution in [2.24, 2.45) is 0 Å². The van der Waals surface area contributed by atoms with E-state index in [0.29, 0.717) is 18.2 Å². The van der Waals surface area contributed by atoms with E-state index in [-0.39, 0.29) is 5.56 Å². The van der Waals surface area contributed by atoms with E-state index in [1.807, 2.05) is 0 Å². The third kappa shape index (κ3) is 2.88. The number of hydrogen-bond donors (Lipinski definition) is 1. The molecule has 0 spiro atoms. The molecule has 1 nitrogen and oxygen atoms in total. The molecule has 2 aromatic rings. The van der Waals surface area contributed by atoms with E-state index in [4.69, 9.17) is 11.6 Å². The lowest BCUT2D eigenvalue weighted by Gasteiger charge is -2.13. The van der Waals surface area contributed by atoms with Gasteiger partial charge in [-0.05, 0) is 29.8 Å². The lowest BCUT2D eigenvalue weighted by molar-refractivity contribution is 0.213. The molecule has 0 fully saturated rings. The molecule has 2 aromatic carbocycles. The van der Waals surface area contributed by atoms with Crippen LogP contribution in [0.25, 0.3) is 0 Å². The number of rotatable bonds is 2. The van der Waals surface area contributed by atoms with Crippen LogP contribution in [0.2, 0.25) is 5.02 Å². The van der Waals surface area contributed by atoms with Crippen molar-refractivity contribution in [1.29, 1.82) is 0 Å². The number of aliphatic hydroxyl groups is 1. The zero-order chi connectivity index (χ0) is 14.2. The third-order valence-electron chi connectivity index (χ3n) is 2.53. The van der Waals surface area contributed by atoms with Crippen LogP contribution in [-0.2, 0) is 0 Å². The maximum Gasteiger partial charge on any atom is 0.142 e. The molecule has 0 aromatic heterocycles. The third-order valence-corrected chi connectivity index (χ3v) is 2.82. The van der Waals surface area contributed by atoms with Crippen LogP contribution in [0.3, 0.4) is 0 Å².